The normalized spacial score (nSPS) is 15.1. The number of aromatic nitrogens is 1. The molecule has 1 aliphatic heterocycles. The van der Waals surface area contributed by atoms with Crippen LogP contribution in [0.5, 0.6) is 17.2 Å². The molecule has 38 heavy (non-hydrogen) atoms. The van der Waals surface area contributed by atoms with Crippen molar-refractivity contribution in [2.24, 2.45) is 4.99 Å². The molecule has 200 valence electrons. The third kappa shape index (κ3) is 5.32. The van der Waals surface area contributed by atoms with Crippen molar-refractivity contribution >= 4 is 55.2 Å². The Labute approximate surface area is 240 Å². The molecule has 0 amide bonds. The highest BCUT2D eigenvalue weighted by Crippen LogP contribution is 2.37. The number of nitrogens with zero attached hydrogens (tertiary/aromatic N) is 2. The second kappa shape index (κ2) is 11.9. The van der Waals surface area contributed by atoms with Crippen molar-refractivity contribution in [3.8, 4) is 17.2 Å². The van der Waals surface area contributed by atoms with E-state index in [2.05, 4.69) is 36.9 Å². The fourth-order valence-corrected chi connectivity index (χ4v) is 6.72. The Morgan fingerprint density at radius 1 is 1.08 bits per heavy atom. The largest absolute Gasteiger partial charge is 0.493 e. The first-order valence-corrected chi connectivity index (χ1v) is 14.2. The Bertz CT molecular complexity index is 1590. The van der Waals surface area contributed by atoms with Gasteiger partial charge in [-0.2, -0.15) is 0 Å². The number of carbonyl (C=O) groups is 1. The molecule has 0 bridgehead atoms. The lowest BCUT2D eigenvalue weighted by Crippen LogP contribution is -2.40. The van der Waals surface area contributed by atoms with Crippen LogP contribution in [0.25, 0.3) is 6.08 Å². The van der Waals surface area contributed by atoms with Crippen LogP contribution in [-0.4, -0.2) is 38.0 Å². The molecule has 0 saturated carbocycles. The van der Waals surface area contributed by atoms with Crippen molar-refractivity contribution in [1.82, 2.24) is 4.57 Å². The quantitative estimate of drug-likeness (QED) is 0.323. The maximum Gasteiger partial charge on any atom is 0.338 e. The van der Waals surface area contributed by atoms with Gasteiger partial charge in [-0.3, -0.25) is 9.36 Å². The van der Waals surface area contributed by atoms with Gasteiger partial charge in [0.15, 0.2) is 16.3 Å². The molecule has 11 heteroatoms. The molecule has 0 radical (unpaired) electrons. The SMILES string of the molecule is CCOC(=O)C1=C(C)N=c2s/c(=C\c3cc(Br)c(OCC)c(Br)c3)c(=O)n2[C@H]1c1ccc(OC)c(OC)c1. The molecule has 1 atom stereocenters. The van der Waals surface area contributed by atoms with Crippen LogP contribution in [0.4, 0.5) is 0 Å². The molecule has 2 heterocycles. The molecule has 0 fully saturated rings. The molecule has 2 aromatic carbocycles. The van der Waals surface area contributed by atoms with Crippen molar-refractivity contribution in [3.63, 3.8) is 0 Å². The molecular formula is C27H26Br2N2O6S. The molecule has 0 aliphatic carbocycles. The minimum absolute atomic E-state index is 0.195. The minimum Gasteiger partial charge on any atom is -0.493 e. The number of ether oxygens (including phenoxy) is 4. The molecule has 0 unspecified atom stereocenters. The predicted octanol–water partition coefficient (Wildman–Crippen LogP) is 4.74. The molecule has 1 aliphatic rings. The number of rotatable bonds is 8. The average molecular weight is 666 g/mol. The number of hydrogen-bond donors (Lipinski definition) is 0. The standard InChI is InChI=1S/C27H26Br2N2O6S/c1-6-36-24-17(28)10-15(11-18(24)29)12-21-25(32)31-23(16-8-9-19(34-4)20(13-16)35-5)22(26(33)37-7-2)14(3)30-27(31)38-21/h8-13,23H,6-7H2,1-5H3/b21-12-/t23-/m0/s1. The minimum atomic E-state index is -0.758. The molecule has 8 nitrogen and oxygen atoms in total. The van der Waals surface area contributed by atoms with E-state index in [9.17, 15) is 9.59 Å². The lowest BCUT2D eigenvalue weighted by molar-refractivity contribution is -0.139. The van der Waals surface area contributed by atoms with Crippen molar-refractivity contribution in [3.05, 3.63) is 81.4 Å². The topological polar surface area (TPSA) is 88.4 Å². The van der Waals surface area contributed by atoms with E-state index in [1.54, 1.807) is 39.2 Å². The highest BCUT2D eigenvalue weighted by atomic mass is 79.9. The van der Waals surface area contributed by atoms with Crippen LogP contribution in [0.3, 0.4) is 0 Å². The Morgan fingerprint density at radius 2 is 1.76 bits per heavy atom. The first-order valence-electron chi connectivity index (χ1n) is 11.8. The number of methoxy groups -OCH3 is 2. The van der Waals surface area contributed by atoms with Crippen LogP contribution < -0.4 is 29.1 Å². The van der Waals surface area contributed by atoms with Gasteiger partial charge in [0.05, 0.1) is 58.2 Å². The molecule has 0 spiro atoms. The number of fused-ring (bicyclic) bond motifs is 1. The van der Waals surface area contributed by atoms with Crippen LogP contribution in [-0.2, 0) is 9.53 Å². The summed E-state index contributed by atoms with van der Waals surface area (Å²) >= 11 is 8.35. The average Bonchev–Trinajstić information content (AvgIpc) is 3.19. The Kier molecular flexibility index (Phi) is 8.79. The summed E-state index contributed by atoms with van der Waals surface area (Å²) in [5.74, 6) is 1.18. The van der Waals surface area contributed by atoms with Gasteiger partial charge in [0.2, 0.25) is 0 Å². The summed E-state index contributed by atoms with van der Waals surface area (Å²) < 4.78 is 25.4. The van der Waals surface area contributed by atoms with Gasteiger partial charge in [0, 0.05) is 0 Å². The van der Waals surface area contributed by atoms with E-state index in [1.807, 2.05) is 25.1 Å². The van der Waals surface area contributed by atoms with Gasteiger partial charge in [0.25, 0.3) is 5.56 Å². The van der Waals surface area contributed by atoms with E-state index >= 15 is 0 Å². The fourth-order valence-electron chi connectivity index (χ4n) is 4.23. The molecular weight excluding hydrogens is 640 g/mol. The van der Waals surface area contributed by atoms with Crippen LogP contribution in [0.2, 0.25) is 0 Å². The van der Waals surface area contributed by atoms with Gasteiger partial charge < -0.3 is 18.9 Å². The van der Waals surface area contributed by atoms with Crippen LogP contribution in [0.1, 0.15) is 37.9 Å². The third-order valence-corrected chi connectivity index (χ3v) is 8.01. The zero-order chi connectivity index (χ0) is 27.6. The van der Waals surface area contributed by atoms with Gasteiger partial charge >= 0.3 is 5.97 Å². The zero-order valence-corrected chi connectivity index (χ0v) is 25.5. The lowest BCUT2D eigenvalue weighted by Gasteiger charge is -2.25. The molecule has 0 N–H and O–H groups in total. The number of hydrogen-bond acceptors (Lipinski definition) is 8. The van der Waals surface area contributed by atoms with E-state index in [4.69, 9.17) is 18.9 Å². The van der Waals surface area contributed by atoms with E-state index in [0.29, 0.717) is 50.0 Å². The molecule has 0 saturated heterocycles. The summed E-state index contributed by atoms with van der Waals surface area (Å²) in [6.45, 7) is 6.11. The predicted molar refractivity (Wildman–Crippen MR) is 153 cm³/mol. The highest BCUT2D eigenvalue weighted by Gasteiger charge is 2.34. The third-order valence-electron chi connectivity index (χ3n) is 5.85. The first-order chi connectivity index (χ1) is 18.2. The number of thiazole rings is 1. The van der Waals surface area contributed by atoms with E-state index in [0.717, 1.165) is 14.5 Å². The van der Waals surface area contributed by atoms with Gasteiger partial charge in [0.1, 0.15) is 5.75 Å². The van der Waals surface area contributed by atoms with Crippen molar-refractivity contribution < 1.29 is 23.7 Å². The number of halogens is 2. The smallest absolute Gasteiger partial charge is 0.338 e. The zero-order valence-electron chi connectivity index (χ0n) is 21.5. The summed E-state index contributed by atoms with van der Waals surface area (Å²) in [5.41, 5.74) is 1.97. The van der Waals surface area contributed by atoms with Crippen LogP contribution in [0, 0.1) is 0 Å². The van der Waals surface area contributed by atoms with Crippen LogP contribution >= 0.6 is 43.2 Å². The van der Waals surface area contributed by atoms with E-state index < -0.39 is 12.0 Å². The summed E-state index contributed by atoms with van der Waals surface area (Å²) in [5, 5.41) is 0. The van der Waals surface area contributed by atoms with Gasteiger partial charge in [-0.25, -0.2) is 9.79 Å². The summed E-state index contributed by atoms with van der Waals surface area (Å²) in [6, 6.07) is 8.33. The Hall–Kier alpha value is -2.89. The number of carbonyl (C=O) groups excluding carboxylic acids is 1. The van der Waals surface area contributed by atoms with Gasteiger partial charge in [-0.15, -0.1) is 0 Å². The maximum atomic E-state index is 13.9. The second-order valence-electron chi connectivity index (χ2n) is 8.16. The molecule has 3 aromatic rings. The summed E-state index contributed by atoms with van der Waals surface area (Å²) in [4.78, 5) is 32.1. The Morgan fingerprint density at radius 3 is 2.37 bits per heavy atom. The summed E-state index contributed by atoms with van der Waals surface area (Å²) in [6.07, 6.45) is 1.80. The van der Waals surface area contributed by atoms with E-state index in [-0.39, 0.29) is 12.2 Å². The van der Waals surface area contributed by atoms with Crippen molar-refractivity contribution in [1.29, 1.82) is 0 Å². The highest BCUT2D eigenvalue weighted by molar-refractivity contribution is 9.11. The van der Waals surface area contributed by atoms with Crippen molar-refractivity contribution in [2.75, 3.05) is 27.4 Å². The second-order valence-corrected chi connectivity index (χ2v) is 10.9. The van der Waals surface area contributed by atoms with Crippen molar-refractivity contribution in [2.45, 2.75) is 26.8 Å². The monoisotopic (exact) mass is 664 g/mol. The van der Waals surface area contributed by atoms with Gasteiger partial charge in [-0.05, 0) is 94.1 Å². The van der Waals surface area contributed by atoms with Crippen LogP contribution in [0.15, 0.2) is 60.3 Å². The Balaban J connectivity index is 1.94. The number of allylic oxidation sites excluding steroid dienone is 1. The molecule has 4 rings (SSSR count). The van der Waals surface area contributed by atoms with Gasteiger partial charge in [-0.1, -0.05) is 17.4 Å². The number of esters is 1. The summed E-state index contributed by atoms with van der Waals surface area (Å²) in [7, 11) is 3.08. The fraction of sp³-hybridized carbons (Fsp3) is 0.296. The molecule has 1 aromatic heterocycles. The lowest BCUT2D eigenvalue weighted by atomic mass is 9.95. The maximum absolute atomic E-state index is 13.9. The first kappa shape index (κ1) is 28.1. The van der Waals surface area contributed by atoms with E-state index in [1.165, 1.54) is 23.0 Å². The number of benzene rings is 2.